The Morgan fingerprint density at radius 3 is 2.33 bits per heavy atom. The highest BCUT2D eigenvalue weighted by Gasteiger charge is 2.08. The van der Waals surface area contributed by atoms with E-state index in [-0.39, 0.29) is 11.7 Å². The Morgan fingerprint density at radius 2 is 1.70 bits per heavy atom. The van der Waals surface area contributed by atoms with Gasteiger partial charge in [-0.05, 0) is 55.5 Å². The van der Waals surface area contributed by atoms with Crippen LogP contribution in [0.15, 0.2) is 66.9 Å². The van der Waals surface area contributed by atoms with E-state index >= 15 is 0 Å². The number of methoxy groups -OCH3 is 1. The van der Waals surface area contributed by atoms with Crippen molar-refractivity contribution in [1.82, 2.24) is 4.98 Å². The SMILES string of the molecule is COc1ccc(NC(=O)c2ccc(Nc3cccc(C(C)=O)c3)nc2)cc1. The number of nitrogens with zero attached hydrogens (tertiary/aromatic N) is 1. The molecule has 0 aliphatic carbocycles. The number of rotatable bonds is 6. The van der Waals surface area contributed by atoms with Gasteiger partial charge in [0.25, 0.3) is 5.91 Å². The summed E-state index contributed by atoms with van der Waals surface area (Å²) in [4.78, 5) is 28.0. The zero-order valence-electron chi connectivity index (χ0n) is 15.0. The van der Waals surface area contributed by atoms with E-state index in [1.54, 1.807) is 61.7 Å². The molecule has 6 heteroatoms. The average Bonchev–Trinajstić information content (AvgIpc) is 2.69. The van der Waals surface area contributed by atoms with E-state index in [9.17, 15) is 9.59 Å². The molecule has 0 spiro atoms. The highest BCUT2D eigenvalue weighted by molar-refractivity contribution is 6.04. The molecule has 1 heterocycles. The molecule has 3 rings (SSSR count). The number of benzene rings is 2. The lowest BCUT2D eigenvalue weighted by molar-refractivity contribution is 0.101. The van der Waals surface area contributed by atoms with Gasteiger partial charge < -0.3 is 15.4 Å². The third-order valence-electron chi connectivity index (χ3n) is 3.92. The summed E-state index contributed by atoms with van der Waals surface area (Å²) in [5, 5.41) is 5.92. The zero-order valence-corrected chi connectivity index (χ0v) is 15.0. The fraction of sp³-hybridized carbons (Fsp3) is 0.0952. The summed E-state index contributed by atoms with van der Waals surface area (Å²) in [6.45, 7) is 1.52. The Balaban J connectivity index is 1.66. The smallest absolute Gasteiger partial charge is 0.257 e. The zero-order chi connectivity index (χ0) is 19.2. The van der Waals surface area contributed by atoms with Crippen LogP contribution in [0.4, 0.5) is 17.2 Å². The Morgan fingerprint density at radius 1 is 0.926 bits per heavy atom. The molecule has 0 atom stereocenters. The van der Waals surface area contributed by atoms with Crippen LogP contribution in [0.3, 0.4) is 0 Å². The predicted molar refractivity (Wildman–Crippen MR) is 105 cm³/mol. The summed E-state index contributed by atoms with van der Waals surface area (Å²) in [5.74, 6) is 1.05. The minimum atomic E-state index is -0.252. The molecule has 1 aromatic heterocycles. The number of hydrogen-bond acceptors (Lipinski definition) is 5. The molecular weight excluding hydrogens is 342 g/mol. The van der Waals surface area contributed by atoms with Crippen molar-refractivity contribution in [1.29, 1.82) is 0 Å². The maximum absolute atomic E-state index is 12.3. The number of hydrogen-bond donors (Lipinski definition) is 2. The van der Waals surface area contributed by atoms with Crippen molar-refractivity contribution in [3.05, 3.63) is 78.0 Å². The van der Waals surface area contributed by atoms with Gasteiger partial charge in [-0.2, -0.15) is 0 Å². The third-order valence-corrected chi connectivity index (χ3v) is 3.92. The molecule has 0 bridgehead atoms. The Hall–Kier alpha value is -3.67. The normalized spacial score (nSPS) is 10.1. The van der Waals surface area contributed by atoms with Crippen molar-refractivity contribution < 1.29 is 14.3 Å². The molecule has 0 saturated heterocycles. The van der Waals surface area contributed by atoms with E-state index in [4.69, 9.17) is 4.74 Å². The molecule has 1 amide bonds. The molecule has 2 N–H and O–H groups in total. The molecule has 0 aliphatic rings. The number of ether oxygens (including phenoxy) is 1. The second-order valence-corrected chi connectivity index (χ2v) is 5.88. The van der Waals surface area contributed by atoms with E-state index in [2.05, 4.69) is 15.6 Å². The standard InChI is InChI=1S/C21H19N3O3/c1-14(25)15-4-3-5-18(12-15)23-20-11-6-16(13-22-20)21(26)24-17-7-9-19(27-2)10-8-17/h3-13H,1-2H3,(H,22,23)(H,24,26). The second-order valence-electron chi connectivity index (χ2n) is 5.88. The monoisotopic (exact) mass is 361 g/mol. The van der Waals surface area contributed by atoms with Crippen LogP contribution in [0, 0.1) is 0 Å². The maximum atomic E-state index is 12.3. The minimum absolute atomic E-state index is 0.00263. The van der Waals surface area contributed by atoms with Crippen molar-refractivity contribution in [3.63, 3.8) is 0 Å². The van der Waals surface area contributed by atoms with Crippen molar-refractivity contribution >= 4 is 28.9 Å². The summed E-state index contributed by atoms with van der Waals surface area (Å²) in [6, 6.07) is 17.6. The van der Waals surface area contributed by atoms with E-state index in [0.29, 0.717) is 22.6 Å². The van der Waals surface area contributed by atoms with Gasteiger partial charge in [0.1, 0.15) is 11.6 Å². The molecule has 0 fully saturated rings. The first-order valence-electron chi connectivity index (χ1n) is 8.34. The molecule has 0 aliphatic heterocycles. The number of aromatic nitrogens is 1. The first kappa shape index (κ1) is 18.1. The minimum Gasteiger partial charge on any atom is -0.497 e. The van der Waals surface area contributed by atoms with E-state index < -0.39 is 0 Å². The lowest BCUT2D eigenvalue weighted by Gasteiger charge is -2.09. The molecule has 6 nitrogen and oxygen atoms in total. The number of amides is 1. The fourth-order valence-electron chi connectivity index (χ4n) is 2.44. The van der Waals surface area contributed by atoms with Gasteiger partial charge in [-0.1, -0.05) is 12.1 Å². The quantitative estimate of drug-likeness (QED) is 0.640. The highest BCUT2D eigenvalue weighted by Crippen LogP contribution is 2.18. The molecule has 2 aromatic carbocycles. The van der Waals surface area contributed by atoms with Crippen LogP contribution in [-0.4, -0.2) is 23.8 Å². The van der Waals surface area contributed by atoms with Gasteiger partial charge in [0.2, 0.25) is 0 Å². The van der Waals surface area contributed by atoms with E-state index in [0.717, 1.165) is 11.4 Å². The van der Waals surface area contributed by atoms with Crippen LogP contribution in [0.2, 0.25) is 0 Å². The number of Topliss-reactive ketones (excluding diaryl/α,β-unsaturated/α-hetero) is 1. The van der Waals surface area contributed by atoms with Gasteiger partial charge in [-0.25, -0.2) is 4.98 Å². The van der Waals surface area contributed by atoms with Crippen LogP contribution in [0.5, 0.6) is 5.75 Å². The van der Waals surface area contributed by atoms with Crippen molar-refractivity contribution in [2.45, 2.75) is 6.92 Å². The molecule has 3 aromatic rings. The van der Waals surface area contributed by atoms with Gasteiger partial charge in [-0.15, -0.1) is 0 Å². The van der Waals surface area contributed by atoms with E-state index in [1.165, 1.54) is 13.1 Å². The van der Waals surface area contributed by atoms with Gasteiger partial charge in [-0.3, -0.25) is 9.59 Å². The lowest BCUT2D eigenvalue weighted by Crippen LogP contribution is -2.12. The van der Waals surface area contributed by atoms with Gasteiger partial charge in [0.15, 0.2) is 5.78 Å². The van der Waals surface area contributed by atoms with Gasteiger partial charge in [0, 0.05) is 23.1 Å². The number of pyridine rings is 1. The summed E-state index contributed by atoms with van der Waals surface area (Å²) >= 11 is 0. The Labute approximate surface area is 157 Å². The molecule has 0 saturated carbocycles. The number of nitrogens with one attached hydrogen (secondary N) is 2. The molecule has 0 unspecified atom stereocenters. The summed E-state index contributed by atoms with van der Waals surface area (Å²) in [7, 11) is 1.59. The Kier molecular flexibility index (Phi) is 5.47. The van der Waals surface area contributed by atoms with Crippen molar-refractivity contribution in [2.24, 2.45) is 0 Å². The summed E-state index contributed by atoms with van der Waals surface area (Å²) in [5.41, 5.74) is 2.49. The van der Waals surface area contributed by atoms with Crippen molar-refractivity contribution in [2.75, 3.05) is 17.7 Å². The van der Waals surface area contributed by atoms with Crippen LogP contribution >= 0.6 is 0 Å². The number of carbonyl (C=O) groups is 2. The number of carbonyl (C=O) groups excluding carboxylic acids is 2. The van der Waals surface area contributed by atoms with Crippen LogP contribution < -0.4 is 15.4 Å². The first-order chi connectivity index (χ1) is 13.0. The fourth-order valence-corrected chi connectivity index (χ4v) is 2.44. The van der Waals surface area contributed by atoms with Crippen molar-refractivity contribution in [3.8, 4) is 5.75 Å². The summed E-state index contributed by atoms with van der Waals surface area (Å²) in [6.07, 6.45) is 1.50. The highest BCUT2D eigenvalue weighted by atomic mass is 16.5. The molecule has 27 heavy (non-hydrogen) atoms. The largest absolute Gasteiger partial charge is 0.497 e. The van der Waals surface area contributed by atoms with E-state index in [1.807, 2.05) is 6.07 Å². The molecule has 136 valence electrons. The van der Waals surface area contributed by atoms with Crippen LogP contribution in [-0.2, 0) is 0 Å². The van der Waals surface area contributed by atoms with Crippen LogP contribution in [0.1, 0.15) is 27.6 Å². The van der Waals surface area contributed by atoms with Gasteiger partial charge in [0.05, 0.1) is 12.7 Å². The number of ketones is 1. The van der Waals surface area contributed by atoms with Crippen LogP contribution in [0.25, 0.3) is 0 Å². The summed E-state index contributed by atoms with van der Waals surface area (Å²) < 4.78 is 5.09. The third kappa shape index (κ3) is 4.70. The topological polar surface area (TPSA) is 80.3 Å². The molecular formula is C21H19N3O3. The van der Waals surface area contributed by atoms with Gasteiger partial charge >= 0.3 is 0 Å². The number of anilines is 3. The Bertz CT molecular complexity index is 951. The lowest BCUT2D eigenvalue weighted by atomic mass is 10.1. The predicted octanol–water partition coefficient (Wildman–Crippen LogP) is 4.29. The molecule has 0 radical (unpaired) electrons. The second kappa shape index (κ2) is 8.14. The first-order valence-corrected chi connectivity index (χ1v) is 8.34. The average molecular weight is 361 g/mol. The maximum Gasteiger partial charge on any atom is 0.257 e.